The Hall–Kier alpha value is -1.06. The van der Waals surface area contributed by atoms with Gasteiger partial charge in [-0.25, -0.2) is 0 Å². The van der Waals surface area contributed by atoms with E-state index in [0.717, 1.165) is 4.70 Å². The van der Waals surface area contributed by atoms with Crippen LogP contribution in [0.2, 0.25) is 4.34 Å². The van der Waals surface area contributed by atoms with Crippen LogP contribution in [-0.2, 0) is 0 Å². The molecule has 66 valence electrons. The molecule has 1 heterocycles. The van der Waals surface area contributed by atoms with E-state index in [1.807, 2.05) is 18.2 Å². The summed E-state index contributed by atoms with van der Waals surface area (Å²) >= 11 is 7.11. The van der Waals surface area contributed by atoms with Crippen molar-refractivity contribution in [2.75, 3.05) is 5.73 Å². The van der Waals surface area contributed by atoms with E-state index in [2.05, 4.69) is 0 Å². The molecule has 0 bridgehead atoms. The SMILES string of the molecule is Nc1c(Cl)sc2ccccc2c1=O. The molecule has 1 aromatic heterocycles. The second-order valence-corrected chi connectivity index (χ2v) is 4.27. The Morgan fingerprint density at radius 2 is 2.00 bits per heavy atom. The van der Waals surface area contributed by atoms with Gasteiger partial charge in [-0.1, -0.05) is 23.7 Å². The summed E-state index contributed by atoms with van der Waals surface area (Å²) in [6, 6.07) is 7.28. The number of rotatable bonds is 0. The zero-order valence-electron chi connectivity index (χ0n) is 6.58. The third-order valence-electron chi connectivity index (χ3n) is 1.79. The normalized spacial score (nSPS) is 10.5. The predicted octanol–water partition coefficient (Wildman–Crippen LogP) is 2.50. The van der Waals surface area contributed by atoms with Crippen LogP contribution >= 0.6 is 22.9 Å². The third kappa shape index (κ3) is 1.30. The van der Waals surface area contributed by atoms with E-state index >= 15 is 0 Å². The topological polar surface area (TPSA) is 43.1 Å². The quantitative estimate of drug-likeness (QED) is 0.728. The number of anilines is 1. The van der Waals surface area contributed by atoms with Crippen molar-refractivity contribution in [3.63, 3.8) is 0 Å². The van der Waals surface area contributed by atoms with Crippen LogP contribution in [-0.4, -0.2) is 0 Å². The van der Waals surface area contributed by atoms with Crippen LogP contribution in [0, 0.1) is 0 Å². The molecule has 13 heavy (non-hydrogen) atoms. The largest absolute Gasteiger partial charge is 0.394 e. The zero-order valence-corrected chi connectivity index (χ0v) is 8.15. The molecule has 2 aromatic rings. The number of benzene rings is 1. The van der Waals surface area contributed by atoms with Crippen LogP contribution < -0.4 is 11.2 Å². The molecule has 0 aliphatic rings. The fourth-order valence-corrected chi connectivity index (χ4v) is 2.28. The molecular formula is C9H6ClNOS. The van der Waals surface area contributed by atoms with E-state index < -0.39 is 0 Å². The average Bonchev–Trinajstić information content (AvgIpc) is 2.15. The predicted molar refractivity (Wildman–Crippen MR) is 57.5 cm³/mol. The van der Waals surface area contributed by atoms with Gasteiger partial charge in [-0.15, -0.1) is 11.3 Å². The van der Waals surface area contributed by atoms with Crippen LogP contribution in [0.5, 0.6) is 0 Å². The first kappa shape index (κ1) is 8.53. The fraction of sp³-hybridized carbons (Fsp3) is 0. The molecule has 4 heteroatoms. The van der Waals surface area contributed by atoms with E-state index in [0.29, 0.717) is 9.72 Å². The highest BCUT2D eigenvalue weighted by Gasteiger charge is 2.06. The Bertz CT molecular complexity index is 520. The van der Waals surface area contributed by atoms with E-state index in [1.54, 1.807) is 6.07 Å². The van der Waals surface area contributed by atoms with Gasteiger partial charge in [0.25, 0.3) is 0 Å². The standard InChI is InChI=1S/C9H6ClNOS/c10-9-7(11)8(12)5-3-1-2-4-6(5)13-9/h1-4H,11H2. The lowest BCUT2D eigenvalue weighted by atomic mass is 10.2. The van der Waals surface area contributed by atoms with Crippen LogP contribution in [0.25, 0.3) is 10.1 Å². The molecule has 0 amide bonds. The minimum absolute atomic E-state index is 0.144. The van der Waals surface area contributed by atoms with Gasteiger partial charge in [0.05, 0.1) is 0 Å². The molecule has 0 saturated carbocycles. The molecule has 0 fully saturated rings. The van der Waals surface area contributed by atoms with Gasteiger partial charge in [0, 0.05) is 10.1 Å². The van der Waals surface area contributed by atoms with E-state index in [4.69, 9.17) is 17.3 Å². The lowest BCUT2D eigenvalue weighted by Gasteiger charge is -1.98. The molecule has 0 aliphatic heterocycles. The lowest BCUT2D eigenvalue weighted by Crippen LogP contribution is -2.07. The van der Waals surface area contributed by atoms with Crippen molar-refractivity contribution < 1.29 is 0 Å². The first-order valence-corrected chi connectivity index (χ1v) is 4.86. The van der Waals surface area contributed by atoms with Crippen molar-refractivity contribution in [2.45, 2.75) is 0 Å². The van der Waals surface area contributed by atoms with Gasteiger partial charge in [-0.3, -0.25) is 4.79 Å². The molecule has 0 radical (unpaired) electrons. The van der Waals surface area contributed by atoms with Crippen molar-refractivity contribution in [1.82, 2.24) is 0 Å². The minimum atomic E-state index is -0.181. The number of nitrogen functional groups attached to an aromatic ring is 1. The van der Waals surface area contributed by atoms with E-state index in [-0.39, 0.29) is 11.1 Å². The summed E-state index contributed by atoms with van der Waals surface area (Å²) in [5.41, 5.74) is 5.48. The number of hydrogen-bond donors (Lipinski definition) is 1. The smallest absolute Gasteiger partial charge is 0.212 e. The molecule has 0 unspecified atom stereocenters. The van der Waals surface area contributed by atoms with Gasteiger partial charge in [-0.05, 0) is 12.1 Å². The second-order valence-electron chi connectivity index (χ2n) is 2.61. The highest BCUT2D eigenvalue weighted by atomic mass is 35.5. The first-order chi connectivity index (χ1) is 6.20. The summed E-state index contributed by atoms with van der Waals surface area (Å²) in [6.45, 7) is 0. The second kappa shape index (κ2) is 3.01. The van der Waals surface area contributed by atoms with E-state index in [9.17, 15) is 4.79 Å². The van der Waals surface area contributed by atoms with Crippen LogP contribution in [0.15, 0.2) is 29.1 Å². The molecule has 2 rings (SSSR count). The Kier molecular flexibility index (Phi) is 1.98. The fourth-order valence-electron chi connectivity index (χ4n) is 1.13. The molecule has 0 atom stereocenters. The van der Waals surface area contributed by atoms with Gasteiger partial charge < -0.3 is 5.73 Å². The van der Waals surface area contributed by atoms with E-state index in [1.165, 1.54) is 11.3 Å². The summed E-state index contributed by atoms with van der Waals surface area (Å²) in [5.74, 6) is 0. The number of fused-ring (bicyclic) bond motifs is 1. The Balaban J connectivity index is 3.03. The van der Waals surface area contributed by atoms with Crippen molar-refractivity contribution >= 4 is 38.7 Å². The summed E-state index contributed by atoms with van der Waals surface area (Å²) in [4.78, 5) is 11.5. The molecule has 2 N–H and O–H groups in total. The van der Waals surface area contributed by atoms with Gasteiger partial charge >= 0.3 is 0 Å². The molecule has 0 saturated heterocycles. The molecule has 0 spiro atoms. The Labute approximate surface area is 83.6 Å². The van der Waals surface area contributed by atoms with Crippen molar-refractivity contribution in [3.05, 3.63) is 38.8 Å². The van der Waals surface area contributed by atoms with Gasteiger partial charge in [0.15, 0.2) is 0 Å². The van der Waals surface area contributed by atoms with Crippen molar-refractivity contribution in [1.29, 1.82) is 0 Å². The molecule has 0 aliphatic carbocycles. The number of halogens is 1. The maximum atomic E-state index is 11.5. The van der Waals surface area contributed by atoms with Crippen LogP contribution in [0.4, 0.5) is 5.69 Å². The Morgan fingerprint density at radius 3 is 2.77 bits per heavy atom. The number of hydrogen-bond acceptors (Lipinski definition) is 3. The van der Waals surface area contributed by atoms with Gasteiger partial charge in [0.1, 0.15) is 10.0 Å². The van der Waals surface area contributed by atoms with Gasteiger partial charge in [0.2, 0.25) is 5.43 Å². The van der Waals surface area contributed by atoms with Gasteiger partial charge in [-0.2, -0.15) is 0 Å². The number of nitrogens with two attached hydrogens (primary N) is 1. The summed E-state index contributed by atoms with van der Waals surface area (Å²) in [6.07, 6.45) is 0. The maximum Gasteiger partial charge on any atom is 0.212 e. The highest BCUT2D eigenvalue weighted by molar-refractivity contribution is 7.22. The maximum absolute atomic E-state index is 11.5. The molecule has 2 nitrogen and oxygen atoms in total. The summed E-state index contributed by atoms with van der Waals surface area (Å²) in [5, 5.41) is 0.634. The summed E-state index contributed by atoms with van der Waals surface area (Å²) in [7, 11) is 0. The summed E-state index contributed by atoms with van der Waals surface area (Å²) < 4.78 is 1.23. The van der Waals surface area contributed by atoms with Crippen molar-refractivity contribution in [3.8, 4) is 0 Å². The van der Waals surface area contributed by atoms with Crippen molar-refractivity contribution in [2.24, 2.45) is 0 Å². The minimum Gasteiger partial charge on any atom is -0.394 e. The van der Waals surface area contributed by atoms with Crippen LogP contribution in [0.3, 0.4) is 0 Å². The molecular weight excluding hydrogens is 206 g/mol. The lowest BCUT2D eigenvalue weighted by molar-refractivity contribution is 1.69. The monoisotopic (exact) mass is 211 g/mol. The molecule has 1 aromatic carbocycles. The Morgan fingerprint density at radius 1 is 1.31 bits per heavy atom. The van der Waals surface area contributed by atoms with Crippen LogP contribution in [0.1, 0.15) is 0 Å². The highest BCUT2D eigenvalue weighted by Crippen LogP contribution is 2.27. The average molecular weight is 212 g/mol. The third-order valence-corrected chi connectivity index (χ3v) is 3.20. The first-order valence-electron chi connectivity index (χ1n) is 3.67. The zero-order chi connectivity index (χ0) is 9.42.